The van der Waals surface area contributed by atoms with E-state index in [1.165, 1.54) is 4.90 Å². The first kappa shape index (κ1) is 15.5. The van der Waals surface area contributed by atoms with E-state index in [0.717, 1.165) is 25.3 Å². The van der Waals surface area contributed by atoms with Crippen molar-refractivity contribution >= 4 is 11.8 Å². The summed E-state index contributed by atoms with van der Waals surface area (Å²) in [5.41, 5.74) is 0. The summed E-state index contributed by atoms with van der Waals surface area (Å²) in [6.45, 7) is 8.21. The maximum atomic E-state index is 5.71. The summed E-state index contributed by atoms with van der Waals surface area (Å²) in [5, 5.41) is 3.55. The monoisotopic (exact) mass is 267 g/mol. The molecule has 0 aliphatic carbocycles. The molecule has 1 aromatic rings. The number of hydrogen-bond donors (Lipinski definition) is 1. The Kier molecular flexibility index (Phi) is 8.14. The van der Waals surface area contributed by atoms with Crippen LogP contribution in [0.5, 0.6) is 0 Å². The van der Waals surface area contributed by atoms with Gasteiger partial charge in [-0.15, -0.1) is 11.8 Å². The number of nitrogens with one attached hydrogen (secondary N) is 1. The zero-order valence-electron chi connectivity index (χ0n) is 11.7. The second-order valence-electron chi connectivity index (χ2n) is 4.66. The average Bonchev–Trinajstić information content (AvgIpc) is 2.39. The maximum Gasteiger partial charge on any atom is 0.0631 e. The molecule has 0 saturated heterocycles. The van der Waals surface area contributed by atoms with Crippen molar-refractivity contribution in [3.63, 3.8) is 0 Å². The molecule has 0 bridgehead atoms. The molecule has 0 radical (unpaired) electrons. The van der Waals surface area contributed by atoms with Gasteiger partial charge in [-0.05, 0) is 38.9 Å². The second kappa shape index (κ2) is 9.42. The first-order valence-corrected chi connectivity index (χ1v) is 7.73. The van der Waals surface area contributed by atoms with Crippen LogP contribution in [0.15, 0.2) is 35.2 Å². The Balaban J connectivity index is 2.35. The van der Waals surface area contributed by atoms with Gasteiger partial charge in [-0.25, -0.2) is 0 Å². The molecular formula is C15H25NOS. The van der Waals surface area contributed by atoms with E-state index >= 15 is 0 Å². The van der Waals surface area contributed by atoms with Gasteiger partial charge in [0, 0.05) is 16.7 Å². The molecule has 3 heteroatoms. The number of ether oxygens (including phenoxy) is 1. The number of rotatable bonds is 9. The topological polar surface area (TPSA) is 21.3 Å². The molecule has 0 heterocycles. The van der Waals surface area contributed by atoms with Crippen LogP contribution in [0.25, 0.3) is 0 Å². The lowest BCUT2D eigenvalue weighted by Crippen LogP contribution is -2.37. The van der Waals surface area contributed by atoms with E-state index in [0.29, 0.717) is 12.1 Å². The van der Waals surface area contributed by atoms with Crippen molar-refractivity contribution < 1.29 is 4.74 Å². The third-order valence-corrected chi connectivity index (χ3v) is 3.68. The van der Waals surface area contributed by atoms with Gasteiger partial charge in [0.2, 0.25) is 0 Å². The largest absolute Gasteiger partial charge is 0.377 e. The number of hydrogen-bond acceptors (Lipinski definition) is 3. The molecule has 18 heavy (non-hydrogen) atoms. The molecule has 0 spiro atoms. The fourth-order valence-corrected chi connectivity index (χ4v) is 2.49. The fraction of sp³-hybridized carbons (Fsp3) is 0.600. The van der Waals surface area contributed by atoms with Crippen molar-refractivity contribution in [1.82, 2.24) is 5.32 Å². The highest BCUT2D eigenvalue weighted by Gasteiger charge is 2.09. The second-order valence-corrected chi connectivity index (χ2v) is 5.75. The molecule has 102 valence electrons. The van der Waals surface area contributed by atoms with Crippen LogP contribution in [0.4, 0.5) is 0 Å². The van der Waals surface area contributed by atoms with Gasteiger partial charge in [0.1, 0.15) is 0 Å². The molecule has 0 fully saturated rings. The van der Waals surface area contributed by atoms with Gasteiger partial charge in [-0.3, -0.25) is 0 Å². The molecule has 1 atom stereocenters. The van der Waals surface area contributed by atoms with E-state index in [4.69, 9.17) is 4.74 Å². The summed E-state index contributed by atoms with van der Waals surface area (Å²) in [4.78, 5) is 1.32. The highest BCUT2D eigenvalue weighted by molar-refractivity contribution is 7.99. The van der Waals surface area contributed by atoms with Gasteiger partial charge in [0.15, 0.2) is 0 Å². The van der Waals surface area contributed by atoms with Crippen LogP contribution in [0.2, 0.25) is 0 Å². The first-order valence-electron chi connectivity index (χ1n) is 6.75. The van der Waals surface area contributed by atoms with Gasteiger partial charge < -0.3 is 10.1 Å². The Morgan fingerprint density at radius 1 is 1.22 bits per heavy atom. The van der Waals surface area contributed by atoms with Crippen molar-refractivity contribution in [2.24, 2.45) is 0 Å². The van der Waals surface area contributed by atoms with Crippen molar-refractivity contribution in [3.05, 3.63) is 30.3 Å². The lowest BCUT2D eigenvalue weighted by Gasteiger charge is -2.19. The van der Waals surface area contributed by atoms with Crippen LogP contribution in [-0.2, 0) is 4.74 Å². The van der Waals surface area contributed by atoms with Crippen molar-refractivity contribution in [3.8, 4) is 0 Å². The third kappa shape index (κ3) is 7.04. The van der Waals surface area contributed by atoms with Crippen LogP contribution in [0, 0.1) is 0 Å². The van der Waals surface area contributed by atoms with E-state index < -0.39 is 0 Å². The number of thioether (sulfide) groups is 1. The molecule has 1 N–H and O–H groups in total. The highest BCUT2D eigenvalue weighted by Crippen LogP contribution is 2.18. The fourth-order valence-electron chi connectivity index (χ4n) is 1.54. The maximum absolute atomic E-state index is 5.71. The van der Waals surface area contributed by atoms with Gasteiger partial charge in [0.25, 0.3) is 0 Å². The average molecular weight is 267 g/mol. The zero-order valence-corrected chi connectivity index (χ0v) is 12.5. The van der Waals surface area contributed by atoms with E-state index in [-0.39, 0.29) is 0 Å². The van der Waals surface area contributed by atoms with E-state index in [9.17, 15) is 0 Å². The minimum Gasteiger partial charge on any atom is -0.377 e. The standard InChI is InChI=1S/C15H25NOS/c1-4-10-16-14(11-17-13(2)3)12-18-15-8-6-5-7-9-15/h5-9,13-14,16H,4,10-12H2,1-3H3. The lowest BCUT2D eigenvalue weighted by atomic mass is 10.3. The van der Waals surface area contributed by atoms with Crippen molar-refractivity contribution in [2.45, 2.75) is 44.2 Å². The van der Waals surface area contributed by atoms with Crippen LogP contribution in [0.1, 0.15) is 27.2 Å². The summed E-state index contributed by atoms with van der Waals surface area (Å²) in [7, 11) is 0. The third-order valence-electron chi connectivity index (χ3n) is 2.51. The quantitative estimate of drug-likeness (QED) is 0.691. The molecule has 0 aliphatic heterocycles. The Morgan fingerprint density at radius 2 is 1.94 bits per heavy atom. The predicted octanol–water partition coefficient (Wildman–Crippen LogP) is 3.57. The van der Waals surface area contributed by atoms with Gasteiger partial charge in [-0.2, -0.15) is 0 Å². The minimum atomic E-state index is 0.303. The first-order chi connectivity index (χ1) is 8.72. The van der Waals surface area contributed by atoms with Crippen LogP contribution >= 0.6 is 11.8 Å². The summed E-state index contributed by atoms with van der Waals surface area (Å²) in [6.07, 6.45) is 1.46. The minimum absolute atomic E-state index is 0.303. The summed E-state index contributed by atoms with van der Waals surface area (Å²) < 4.78 is 5.71. The lowest BCUT2D eigenvalue weighted by molar-refractivity contribution is 0.0655. The Hall–Kier alpha value is -0.510. The molecule has 1 aromatic carbocycles. The van der Waals surface area contributed by atoms with Crippen molar-refractivity contribution in [1.29, 1.82) is 0 Å². The van der Waals surface area contributed by atoms with Gasteiger partial charge in [0.05, 0.1) is 12.7 Å². The molecule has 1 rings (SSSR count). The predicted molar refractivity (Wildman–Crippen MR) is 80.3 cm³/mol. The molecule has 1 unspecified atom stereocenters. The van der Waals surface area contributed by atoms with E-state index in [1.54, 1.807) is 0 Å². The van der Waals surface area contributed by atoms with Crippen LogP contribution in [-0.4, -0.2) is 31.1 Å². The van der Waals surface area contributed by atoms with Crippen molar-refractivity contribution in [2.75, 3.05) is 18.9 Å². The van der Waals surface area contributed by atoms with Crippen LogP contribution < -0.4 is 5.32 Å². The Labute approximate surface area is 116 Å². The highest BCUT2D eigenvalue weighted by atomic mass is 32.2. The Morgan fingerprint density at radius 3 is 2.56 bits per heavy atom. The van der Waals surface area contributed by atoms with Crippen LogP contribution in [0.3, 0.4) is 0 Å². The van der Waals surface area contributed by atoms with E-state index in [2.05, 4.69) is 56.4 Å². The normalized spacial score (nSPS) is 12.9. The number of benzene rings is 1. The molecule has 2 nitrogen and oxygen atoms in total. The molecule has 0 amide bonds. The summed E-state index contributed by atoms with van der Waals surface area (Å²) >= 11 is 1.89. The molecule has 0 saturated carbocycles. The SMILES string of the molecule is CCCNC(COC(C)C)CSc1ccccc1. The molecule has 0 aliphatic rings. The van der Waals surface area contributed by atoms with Gasteiger partial charge in [-0.1, -0.05) is 25.1 Å². The molecule has 0 aromatic heterocycles. The summed E-state index contributed by atoms with van der Waals surface area (Å²) in [6, 6.07) is 11.0. The summed E-state index contributed by atoms with van der Waals surface area (Å²) in [5.74, 6) is 1.05. The Bertz CT molecular complexity index is 303. The van der Waals surface area contributed by atoms with E-state index in [1.807, 2.05) is 11.8 Å². The zero-order chi connectivity index (χ0) is 13.2. The molecular weight excluding hydrogens is 242 g/mol. The smallest absolute Gasteiger partial charge is 0.0631 e. The van der Waals surface area contributed by atoms with Gasteiger partial charge >= 0.3 is 0 Å².